The minimum absolute atomic E-state index is 0.511. The van der Waals surface area contributed by atoms with Gasteiger partial charge in [-0.1, -0.05) is 176 Å². The quantitative estimate of drug-likeness (QED) is 0.172. The van der Waals surface area contributed by atoms with Crippen molar-refractivity contribution in [2.24, 2.45) is 0 Å². The van der Waals surface area contributed by atoms with Crippen molar-refractivity contribution in [2.75, 3.05) is 4.90 Å². The summed E-state index contributed by atoms with van der Waals surface area (Å²) in [5.74, 6) is 0. The Labute approximate surface area is 320 Å². The van der Waals surface area contributed by atoms with E-state index in [-0.39, 0.29) is 0 Å². The first kappa shape index (κ1) is 31.4. The Bertz CT molecular complexity index is 2980. The lowest BCUT2D eigenvalue weighted by Crippen LogP contribution is -2.28. The molecule has 1 aromatic heterocycles. The second kappa shape index (κ2) is 12.5. The summed E-state index contributed by atoms with van der Waals surface area (Å²) in [6, 6.07) is 76.8. The second-order valence-corrected chi connectivity index (χ2v) is 14.4. The van der Waals surface area contributed by atoms with E-state index in [0.717, 1.165) is 50.1 Å². The molecule has 10 aromatic rings. The highest BCUT2D eigenvalue weighted by atomic mass is 16.3. The fourth-order valence-corrected chi connectivity index (χ4v) is 9.22. The molecule has 0 aliphatic heterocycles. The van der Waals surface area contributed by atoms with Gasteiger partial charge in [0.05, 0.1) is 11.1 Å². The second-order valence-electron chi connectivity index (χ2n) is 14.4. The van der Waals surface area contributed by atoms with Crippen LogP contribution in [0.5, 0.6) is 0 Å². The van der Waals surface area contributed by atoms with Crippen LogP contribution in [0.2, 0.25) is 0 Å². The first-order valence-corrected chi connectivity index (χ1v) is 18.9. The molecule has 1 heterocycles. The molecule has 0 saturated heterocycles. The van der Waals surface area contributed by atoms with Crippen LogP contribution in [0.1, 0.15) is 22.3 Å². The largest absolute Gasteiger partial charge is 0.453 e. The Morgan fingerprint density at radius 1 is 0.382 bits per heavy atom. The molecule has 0 unspecified atom stereocenters. The Kier molecular flexibility index (Phi) is 7.11. The molecule has 2 nitrogen and oxygen atoms in total. The first-order chi connectivity index (χ1) is 27.3. The van der Waals surface area contributed by atoms with E-state index in [1.165, 1.54) is 44.2 Å². The molecular formula is C53H35NO. The van der Waals surface area contributed by atoms with Gasteiger partial charge in [-0.3, -0.25) is 0 Å². The van der Waals surface area contributed by atoms with E-state index in [2.05, 4.69) is 217 Å². The van der Waals surface area contributed by atoms with Gasteiger partial charge in [0, 0.05) is 27.7 Å². The molecule has 258 valence electrons. The Hall–Kier alpha value is -7.16. The third-order valence-corrected chi connectivity index (χ3v) is 11.5. The number of fused-ring (bicyclic) bond motifs is 7. The zero-order chi connectivity index (χ0) is 36.3. The molecule has 0 spiro atoms. The molecule has 0 bridgehead atoms. The number of para-hydroxylation sites is 2. The monoisotopic (exact) mass is 701 g/mol. The van der Waals surface area contributed by atoms with Crippen LogP contribution in [0.15, 0.2) is 217 Å². The highest BCUT2D eigenvalue weighted by Crippen LogP contribution is 2.57. The van der Waals surface area contributed by atoms with Crippen molar-refractivity contribution < 1.29 is 4.42 Å². The molecule has 0 N–H and O–H groups in total. The number of rotatable bonds is 6. The lowest BCUT2D eigenvalue weighted by Gasteiger charge is -2.34. The van der Waals surface area contributed by atoms with Gasteiger partial charge in [-0.05, 0) is 86.1 Å². The predicted octanol–water partition coefficient (Wildman–Crippen LogP) is 14.2. The van der Waals surface area contributed by atoms with Gasteiger partial charge in [0.2, 0.25) is 0 Å². The molecule has 0 radical (unpaired) electrons. The third-order valence-electron chi connectivity index (χ3n) is 11.5. The SMILES string of the molecule is c1ccc(-c2c3ccccc3cc3c2oc2c(N(c4ccccc4)c4ccc5c(c4)C(c4ccccc4)(c4ccccc4)c4ccccc4-5)cccc23)cc1. The maximum absolute atomic E-state index is 7.18. The summed E-state index contributed by atoms with van der Waals surface area (Å²) >= 11 is 0. The molecule has 0 saturated carbocycles. The smallest absolute Gasteiger partial charge is 0.159 e. The number of benzene rings is 9. The fourth-order valence-electron chi connectivity index (χ4n) is 9.22. The van der Waals surface area contributed by atoms with Crippen molar-refractivity contribution in [3.05, 3.63) is 235 Å². The molecule has 2 heteroatoms. The van der Waals surface area contributed by atoms with Crippen LogP contribution in [0, 0.1) is 0 Å². The molecule has 9 aromatic carbocycles. The average molecular weight is 702 g/mol. The summed E-state index contributed by atoms with van der Waals surface area (Å²) in [4.78, 5) is 2.37. The highest BCUT2D eigenvalue weighted by molar-refractivity contribution is 6.20. The van der Waals surface area contributed by atoms with Gasteiger partial charge in [0.1, 0.15) is 5.58 Å². The molecule has 55 heavy (non-hydrogen) atoms. The maximum atomic E-state index is 7.18. The van der Waals surface area contributed by atoms with E-state index in [1.54, 1.807) is 0 Å². The van der Waals surface area contributed by atoms with Crippen LogP contribution >= 0.6 is 0 Å². The summed E-state index contributed by atoms with van der Waals surface area (Å²) in [6.07, 6.45) is 0. The summed E-state index contributed by atoms with van der Waals surface area (Å²) in [5.41, 5.74) is 14.2. The lowest BCUT2D eigenvalue weighted by atomic mass is 9.67. The van der Waals surface area contributed by atoms with Crippen LogP contribution in [-0.2, 0) is 5.41 Å². The van der Waals surface area contributed by atoms with Crippen molar-refractivity contribution in [1.29, 1.82) is 0 Å². The van der Waals surface area contributed by atoms with E-state index in [9.17, 15) is 0 Å². The highest BCUT2D eigenvalue weighted by Gasteiger charge is 2.46. The Morgan fingerprint density at radius 3 is 1.73 bits per heavy atom. The zero-order valence-corrected chi connectivity index (χ0v) is 30.1. The van der Waals surface area contributed by atoms with Gasteiger partial charge in [0.15, 0.2) is 5.58 Å². The van der Waals surface area contributed by atoms with Gasteiger partial charge in [-0.15, -0.1) is 0 Å². The number of nitrogens with zero attached hydrogens (tertiary/aromatic N) is 1. The van der Waals surface area contributed by atoms with E-state index >= 15 is 0 Å². The number of furan rings is 1. The number of hydrogen-bond donors (Lipinski definition) is 0. The minimum atomic E-state index is -0.511. The summed E-state index contributed by atoms with van der Waals surface area (Å²) in [5, 5.41) is 4.57. The lowest BCUT2D eigenvalue weighted by molar-refractivity contribution is 0.670. The van der Waals surface area contributed by atoms with E-state index in [1.807, 2.05) is 0 Å². The number of anilines is 3. The third kappa shape index (κ3) is 4.68. The van der Waals surface area contributed by atoms with Crippen molar-refractivity contribution in [2.45, 2.75) is 5.41 Å². The van der Waals surface area contributed by atoms with Crippen LogP contribution < -0.4 is 4.90 Å². The molecule has 0 amide bonds. The van der Waals surface area contributed by atoms with Crippen molar-refractivity contribution in [1.82, 2.24) is 0 Å². The Balaban J connectivity index is 1.21. The van der Waals surface area contributed by atoms with Crippen molar-refractivity contribution >= 4 is 49.8 Å². The van der Waals surface area contributed by atoms with Gasteiger partial charge < -0.3 is 9.32 Å². The summed E-state index contributed by atoms with van der Waals surface area (Å²) < 4.78 is 7.18. The summed E-state index contributed by atoms with van der Waals surface area (Å²) in [6.45, 7) is 0. The van der Waals surface area contributed by atoms with Crippen LogP contribution in [-0.4, -0.2) is 0 Å². The molecule has 1 aliphatic carbocycles. The van der Waals surface area contributed by atoms with E-state index < -0.39 is 5.41 Å². The molecule has 0 atom stereocenters. The van der Waals surface area contributed by atoms with Crippen molar-refractivity contribution in [3.63, 3.8) is 0 Å². The number of hydrogen-bond acceptors (Lipinski definition) is 2. The minimum Gasteiger partial charge on any atom is -0.453 e. The average Bonchev–Trinajstić information content (AvgIpc) is 3.78. The van der Waals surface area contributed by atoms with Crippen molar-refractivity contribution in [3.8, 4) is 22.3 Å². The Morgan fingerprint density at radius 2 is 0.982 bits per heavy atom. The van der Waals surface area contributed by atoms with Gasteiger partial charge in [-0.2, -0.15) is 0 Å². The molecular weight excluding hydrogens is 667 g/mol. The standard InChI is InChI=1S/C53H35NO/c1-5-18-36(19-6-1)50-42-27-14-13-20-37(42)34-46-45-29-17-31-49(51(45)55-52(46)50)54(40-25-11-4-12-26-40)41-32-33-44-43-28-15-16-30-47(43)53(48(44)35-41,38-21-7-2-8-22-38)39-23-9-3-10-24-39/h1-35H. The molecule has 11 rings (SSSR count). The first-order valence-electron chi connectivity index (χ1n) is 18.9. The van der Waals surface area contributed by atoms with Crippen LogP contribution in [0.25, 0.3) is 55.0 Å². The normalized spacial score (nSPS) is 12.9. The van der Waals surface area contributed by atoms with E-state index in [0.29, 0.717) is 0 Å². The zero-order valence-electron chi connectivity index (χ0n) is 30.1. The fraction of sp³-hybridized carbons (Fsp3) is 0.0189. The topological polar surface area (TPSA) is 16.4 Å². The summed E-state index contributed by atoms with van der Waals surface area (Å²) in [7, 11) is 0. The van der Waals surface area contributed by atoms with Gasteiger partial charge >= 0.3 is 0 Å². The van der Waals surface area contributed by atoms with Crippen LogP contribution in [0.4, 0.5) is 17.1 Å². The van der Waals surface area contributed by atoms with Gasteiger partial charge in [0.25, 0.3) is 0 Å². The van der Waals surface area contributed by atoms with E-state index in [4.69, 9.17) is 4.42 Å². The molecule has 0 fully saturated rings. The predicted molar refractivity (Wildman–Crippen MR) is 229 cm³/mol. The van der Waals surface area contributed by atoms with Crippen LogP contribution in [0.3, 0.4) is 0 Å². The maximum Gasteiger partial charge on any atom is 0.159 e. The van der Waals surface area contributed by atoms with Gasteiger partial charge in [-0.25, -0.2) is 0 Å². The molecule has 1 aliphatic rings.